The maximum atomic E-state index is 13.5. The van der Waals surface area contributed by atoms with Crippen LogP contribution in [0.15, 0.2) is 18.2 Å². The first-order valence-electron chi connectivity index (χ1n) is 12.9. The number of carbonyl (C=O) groups is 4. The Balaban J connectivity index is 1.65. The van der Waals surface area contributed by atoms with E-state index in [2.05, 4.69) is 0 Å². The number of rotatable bonds is 5. The van der Waals surface area contributed by atoms with E-state index < -0.39 is 107 Å². The summed E-state index contributed by atoms with van der Waals surface area (Å²) in [5.41, 5.74) is 1.59. The number of phenolic OH excluding ortho intramolecular Hbond substituents is 3. The fourth-order valence-electron chi connectivity index (χ4n) is 5.75. The first-order chi connectivity index (χ1) is 19.2. The number of ether oxygens (including phenoxy) is 3. The zero-order valence-electron chi connectivity index (χ0n) is 22.1. The van der Waals surface area contributed by atoms with Crippen molar-refractivity contribution in [3.63, 3.8) is 0 Å². The number of aliphatic hydroxyl groups is 2. The Bertz CT molecular complexity index is 1470. The van der Waals surface area contributed by atoms with Crippen LogP contribution in [0.2, 0.25) is 0 Å². The summed E-state index contributed by atoms with van der Waals surface area (Å²) in [6.07, 6.45) is -5.45. The van der Waals surface area contributed by atoms with Crippen LogP contribution in [0.25, 0.3) is 0 Å². The van der Waals surface area contributed by atoms with Gasteiger partial charge in [-0.2, -0.15) is 0 Å². The Kier molecular flexibility index (Phi) is 7.12. The quantitative estimate of drug-likeness (QED) is 0.179. The van der Waals surface area contributed by atoms with Crippen LogP contribution in [0, 0.1) is 0 Å². The summed E-state index contributed by atoms with van der Waals surface area (Å²) in [6, 6.07) is 3.05. The first kappa shape index (κ1) is 28.6. The number of phenols is 3. The molecular weight excluding hydrogens is 542 g/mol. The highest BCUT2D eigenvalue weighted by molar-refractivity contribution is 6.31. The maximum Gasteiger partial charge on any atom is 0.303 e. The van der Waals surface area contributed by atoms with Crippen LogP contribution in [-0.4, -0.2) is 85.6 Å². The van der Waals surface area contributed by atoms with Crippen molar-refractivity contribution in [2.75, 3.05) is 6.61 Å². The number of fused-ring (bicyclic) bond motifs is 3. The van der Waals surface area contributed by atoms with E-state index in [0.717, 1.165) is 6.92 Å². The summed E-state index contributed by atoms with van der Waals surface area (Å²) in [7, 11) is 0. The highest BCUT2D eigenvalue weighted by Gasteiger charge is 2.50. The standard InChI is InChI=1S/C28H29NO12/c1-10-23(33)14(29)6-18(40-10)41-16-8-28(38,17(32)9-39-11(2)30)7-13-20(16)27(37)22-21(25(13)35)24(34)12-4-3-5-15(31)19(12)26(22)36/h3-5,10,14,16,18,23,31,33,35,37-38H,6-9,29H2,1-2H3. The number of esters is 1. The first-order valence-corrected chi connectivity index (χ1v) is 12.9. The lowest BCUT2D eigenvalue weighted by molar-refractivity contribution is -0.247. The number of Topliss-reactive ketones (excluding diaryl/α,β-unsaturated/α-hetero) is 1. The lowest BCUT2D eigenvalue weighted by atomic mass is 9.72. The molecule has 1 heterocycles. The van der Waals surface area contributed by atoms with E-state index in [1.807, 2.05) is 0 Å². The second-order valence-corrected chi connectivity index (χ2v) is 10.6. The molecule has 6 atom stereocenters. The number of hydrogen-bond acceptors (Lipinski definition) is 13. The fraction of sp³-hybridized carbons (Fsp3) is 0.429. The van der Waals surface area contributed by atoms with E-state index in [4.69, 9.17) is 19.9 Å². The van der Waals surface area contributed by atoms with Crippen LogP contribution in [0.4, 0.5) is 0 Å². The molecule has 41 heavy (non-hydrogen) atoms. The highest BCUT2D eigenvalue weighted by atomic mass is 16.7. The topological polar surface area (TPSA) is 223 Å². The molecule has 3 aliphatic rings. The number of aromatic hydroxyl groups is 3. The number of ketones is 3. The Morgan fingerprint density at radius 3 is 2.44 bits per heavy atom. The van der Waals surface area contributed by atoms with Gasteiger partial charge in [-0.05, 0) is 13.0 Å². The molecule has 2 aliphatic carbocycles. The average Bonchev–Trinajstić information content (AvgIpc) is 2.90. The summed E-state index contributed by atoms with van der Waals surface area (Å²) >= 11 is 0. The van der Waals surface area contributed by atoms with Gasteiger partial charge in [0.2, 0.25) is 11.6 Å². The molecule has 0 radical (unpaired) electrons. The molecule has 1 aliphatic heterocycles. The van der Waals surface area contributed by atoms with Crippen LogP contribution in [-0.2, 0) is 30.2 Å². The van der Waals surface area contributed by atoms with Crippen LogP contribution in [0.5, 0.6) is 17.2 Å². The van der Waals surface area contributed by atoms with Gasteiger partial charge in [-0.3, -0.25) is 19.2 Å². The molecule has 0 saturated carbocycles. The molecule has 6 unspecified atom stereocenters. The van der Waals surface area contributed by atoms with E-state index in [-0.39, 0.29) is 28.7 Å². The van der Waals surface area contributed by atoms with E-state index >= 15 is 0 Å². The molecule has 0 spiro atoms. The molecule has 7 N–H and O–H groups in total. The summed E-state index contributed by atoms with van der Waals surface area (Å²) in [5.74, 6) is -5.52. The van der Waals surface area contributed by atoms with Crippen LogP contribution >= 0.6 is 0 Å². The third kappa shape index (κ3) is 4.65. The number of aliphatic hydroxyl groups excluding tert-OH is 1. The van der Waals surface area contributed by atoms with Gasteiger partial charge >= 0.3 is 5.97 Å². The summed E-state index contributed by atoms with van der Waals surface area (Å²) in [6.45, 7) is 1.83. The SMILES string of the molecule is CC(=O)OCC(=O)C1(O)Cc2c(O)c3c(c(O)c2C(OC2CC(N)C(O)C(C)O2)C1)C(=O)c1c(O)cccc1C3=O. The zero-order chi connectivity index (χ0) is 30.0. The van der Waals surface area contributed by atoms with Gasteiger partial charge in [-0.25, -0.2) is 0 Å². The molecule has 2 aromatic rings. The molecule has 1 saturated heterocycles. The smallest absolute Gasteiger partial charge is 0.303 e. The highest BCUT2D eigenvalue weighted by Crippen LogP contribution is 2.52. The minimum Gasteiger partial charge on any atom is -0.507 e. The van der Waals surface area contributed by atoms with Crippen LogP contribution < -0.4 is 5.73 Å². The van der Waals surface area contributed by atoms with Crippen molar-refractivity contribution in [2.24, 2.45) is 5.73 Å². The van der Waals surface area contributed by atoms with Gasteiger partial charge in [0.25, 0.3) is 0 Å². The number of carbonyl (C=O) groups excluding carboxylic acids is 4. The lowest BCUT2D eigenvalue weighted by Crippen LogP contribution is -2.53. The molecule has 13 heteroatoms. The molecule has 0 amide bonds. The summed E-state index contributed by atoms with van der Waals surface area (Å²) < 4.78 is 16.5. The van der Waals surface area contributed by atoms with Crippen molar-refractivity contribution in [1.29, 1.82) is 0 Å². The van der Waals surface area contributed by atoms with Crippen molar-refractivity contribution in [3.05, 3.63) is 51.6 Å². The molecule has 218 valence electrons. The van der Waals surface area contributed by atoms with Gasteiger partial charge in [-0.15, -0.1) is 0 Å². The Morgan fingerprint density at radius 2 is 1.78 bits per heavy atom. The maximum absolute atomic E-state index is 13.5. The van der Waals surface area contributed by atoms with E-state index in [1.165, 1.54) is 18.2 Å². The molecule has 0 bridgehead atoms. The van der Waals surface area contributed by atoms with Crippen molar-refractivity contribution in [1.82, 2.24) is 0 Å². The van der Waals surface area contributed by atoms with Crippen LogP contribution in [0.3, 0.4) is 0 Å². The second-order valence-electron chi connectivity index (χ2n) is 10.6. The fourth-order valence-corrected chi connectivity index (χ4v) is 5.75. The molecule has 5 rings (SSSR count). The normalized spacial score (nSPS) is 28.9. The van der Waals surface area contributed by atoms with Crippen molar-refractivity contribution in [2.45, 2.75) is 69.4 Å². The Morgan fingerprint density at radius 1 is 1.10 bits per heavy atom. The van der Waals surface area contributed by atoms with Gasteiger partial charge < -0.3 is 45.5 Å². The van der Waals surface area contributed by atoms with E-state index in [9.17, 15) is 44.7 Å². The molecular formula is C28H29NO12. The van der Waals surface area contributed by atoms with Gasteiger partial charge in [0.1, 0.15) is 22.8 Å². The molecule has 13 nitrogen and oxygen atoms in total. The summed E-state index contributed by atoms with van der Waals surface area (Å²) in [5, 5.41) is 54.8. The third-order valence-corrected chi connectivity index (χ3v) is 7.86. The zero-order valence-corrected chi connectivity index (χ0v) is 22.1. The average molecular weight is 572 g/mol. The van der Waals surface area contributed by atoms with Gasteiger partial charge in [-0.1, -0.05) is 12.1 Å². The largest absolute Gasteiger partial charge is 0.507 e. The minimum atomic E-state index is -2.30. The number of nitrogens with two attached hydrogens (primary N) is 1. The lowest BCUT2D eigenvalue weighted by Gasteiger charge is -2.42. The van der Waals surface area contributed by atoms with Crippen LogP contribution in [0.1, 0.15) is 75.8 Å². The minimum absolute atomic E-state index is 0.0203. The molecule has 2 aromatic carbocycles. The second kappa shape index (κ2) is 10.2. The predicted octanol–water partition coefficient (Wildman–Crippen LogP) is 0.269. The Labute approximate surface area is 233 Å². The predicted molar refractivity (Wildman–Crippen MR) is 136 cm³/mol. The monoisotopic (exact) mass is 571 g/mol. The van der Waals surface area contributed by atoms with Crippen molar-refractivity contribution >= 4 is 23.3 Å². The van der Waals surface area contributed by atoms with E-state index in [0.29, 0.717) is 0 Å². The molecule has 1 fully saturated rings. The summed E-state index contributed by atoms with van der Waals surface area (Å²) in [4.78, 5) is 51.3. The van der Waals surface area contributed by atoms with Gasteiger partial charge in [0, 0.05) is 48.9 Å². The number of hydrogen-bond donors (Lipinski definition) is 6. The van der Waals surface area contributed by atoms with Crippen molar-refractivity contribution in [3.8, 4) is 17.2 Å². The Hall–Kier alpha value is -3.88. The third-order valence-electron chi connectivity index (χ3n) is 7.86. The molecule has 0 aromatic heterocycles. The number of benzene rings is 2. The van der Waals surface area contributed by atoms with E-state index in [1.54, 1.807) is 6.92 Å². The van der Waals surface area contributed by atoms with Crippen molar-refractivity contribution < 1.29 is 58.9 Å². The van der Waals surface area contributed by atoms with Gasteiger partial charge in [0.05, 0.1) is 35.0 Å². The van der Waals surface area contributed by atoms with Gasteiger partial charge in [0.15, 0.2) is 18.7 Å².